The average molecular weight is 715 g/mol. The smallest absolute Gasteiger partial charge is 0.410 e. The molecule has 1 aromatic carbocycles. The zero-order chi connectivity index (χ0) is 36.0. The molecule has 0 saturated carbocycles. The first-order valence-electron chi connectivity index (χ1n) is 17.7. The monoisotopic (exact) mass is 714 g/mol. The van der Waals surface area contributed by atoms with Gasteiger partial charge in [-0.05, 0) is 70.1 Å². The highest BCUT2D eigenvalue weighted by Gasteiger charge is 2.44. The topological polar surface area (TPSA) is 151 Å². The van der Waals surface area contributed by atoms with Crippen molar-refractivity contribution in [3.05, 3.63) is 29.8 Å². The molecule has 0 bridgehead atoms. The zero-order valence-corrected chi connectivity index (χ0v) is 31.3. The Hall–Kier alpha value is -2.41. The van der Waals surface area contributed by atoms with Gasteiger partial charge in [-0.15, -0.1) is 0 Å². The number of carbonyl (C=O) groups excluding carboxylic acids is 2. The Morgan fingerprint density at radius 3 is 2.29 bits per heavy atom. The summed E-state index contributed by atoms with van der Waals surface area (Å²) in [7, 11) is -3.45. The average Bonchev–Trinajstić information content (AvgIpc) is 3.64. The number of unbranched alkanes of at least 4 members (excludes halogenated alkanes) is 2. The molecule has 2 aliphatic rings. The van der Waals surface area contributed by atoms with E-state index >= 15 is 0 Å². The van der Waals surface area contributed by atoms with Gasteiger partial charge < -0.3 is 48.1 Å². The minimum absolute atomic E-state index is 0.0419. The Labute approximate surface area is 292 Å². The Morgan fingerprint density at radius 1 is 1.04 bits per heavy atom. The van der Waals surface area contributed by atoms with Crippen LogP contribution in [0.2, 0.25) is 0 Å². The lowest BCUT2D eigenvalue weighted by molar-refractivity contribution is -0.0907. The number of aliphatic hydroxyl groups is 1. The second kappa shape index (κ2) is 19.8. The van der Waals surface area contributed by atoms with E-state index in [0.29, 0.717) is 32.1 Å². The van der Waals surface area contributed by atoms with Gasteiger partial charge in [-0.25, -0.2) is 9.59 Å². The van der Waals surface area contributed by atoms with Crippen LogP contribution in [0.4, 0.5) is 9.59 Å². The van der Waals surface area contributed by atoms with E-state index < -0.39 is 43.6 Å². The van der Waals surface area contributed by atoms with Gasteiger partial charge in [0.25, 0.3) is 0 Å². The van der Waals surface area contributed by atoms with Crippen LogP contribution >= 0.6 is 7.60 Å². The van der Waals surface area contributed by atoms with E-state index in [-0.39, 0.29) is 44.0 Å². The largest absolute Gasteiger partial charge is 0.481 e. The van der Waals surface area contributed by atoms with Crippen LogP contribution in [0.15, 0.2) is 24.3 Å². The molecule has 0 spiro atoms. The fraction of sp³-hybridized carbons (Fsp3) is 0.771. The van der Waals surface area contributed by atoms with Crippen LogP contribution in [-0.4, -0.2) is 98.2 Å². The molecule has 2 N–H and O–H groups in total. The first-order chi connectivity index (χ1) is 23.2. The number of ether oxygens (including phenoxy) is 5. The molecule has 3 rings (SSSR count). The summed E-state index contributed by atoms with van der Waals surface area (Å²) in [5.74, 6) is 0.533. The predicted octanol–water partition coefficient (Wildman–Crippen LogP) is 6.50. The number of benzene rings is 1. The Balaban J connectivity index is 1.72. The molecule has 280 valence electrons. The summed E-state index contributed by atoms with van der Waals surface area (Å²) in [6.07, 6.45) is 0.820. The van der Waals surface area contributed by atoms with Crippen molar-refractivity contribution in [1.82, 2.24) is 10.2 Å². The van der Waals surface area contributed by atoms with Crippen molar-refractivity contribution in [2.45, 2.75) is 117 Å². The summed E-state index contributed by atoms with van der Waals surface area (Å²) in [4.78, 5) is 27.7. The molecular weight excluding hydrogens is 655 g/mol. The SMILES string of the molecule is CCCCOP(=O)(COc1ccc(C[C@H](NC(=O)O[C@H]2CO[C@H]3OCC[C@H]32)[C@H](O)CN(CC(C)C)C(=O)OC(C)(C)C)cc1)OCCCC. The number of hydrogen-bond acceptors (Lipinski definition) is 11. The minimum Gasteiger partial charge on any atom is -0.481 e. The Kier molecular flexibility index (Phi) is 16.6. The van der Waals surface area contributed by atoms with Crippen molar-refractivity contribution in [1.29, 1.82) is 0 Å². The highest BCUT2D eigenvalue weighted by Crippen LogP contribution is 2.48. The van der Waals surface area contributed by atoms with E-state index in [4.69, 9.17) is 32.7 Å². The maximum absolute atomic E-state index is 13.3. The molecule has 0 unspecified atom stereocenters. The highest BCUT2D eigenvalue weighted by atomic mass is 31.2. The highest BCUT2D eigenvalue weighted by molar-refractivity contribution is 7.53. The maximum Gasteiger partial charge on any atom is 0.410 e. The van der Waals surface area contributed by atoms with E-state index in [2.05, 4.69) is 5.32 Å². The van der Waals surface area contributed by atoms with Gasteiger partial charge >= 0.3 is 19.8 Å². The first-order valence-corrected chi connectivity index (χ1v) is 19.4. The van der Waals surface area contributed by atoms with E-state index in [1.54, 1.807) is 45.0 Å². The molecule has 2 saturated heterocycles. The summed E-state index contributed by atoms with van der Waals surface area (Å²) >= 11 is 0. The molecule has 2 fully saturated rings. The number of alkyl carbamates (subject to hydrolysis) is 1. The number of fused-ring (bicyclic) bond motifs is 1. The number of carbonyl (C=O) groups is 2. The summed E-state index contributed by atoms with van der Waals surface area (Å²) in [6.45, 7) is 15.1. The molecule has 2 aliphatic heterocycles. The molecule has 2 heterocycles. The summed E-state index contributed by atoms with van der Waals surface area (Å²) in [5.41, 5.74) is 0.0597. The lowest BCUT2D eigenvalue weighted by Crippen LogP contribution is -2.52. The van der Waals surface area contributed by atoms with Crippen molar-refractivity contribution in [2.75, 3.05) is 45.9 Å². The van der Waals surface area contributed by atoms with Crippen molar-refractivity contribution >= 4 is 19.8 Å². The summed E-state index contributed by atoms with van der Waals surface area (Å²) in [6, 6.07) is 6.22. The number of nitrogens with zero attached hydrogens (tertiary/aromatic N) is 1. The van der Waals surface area contributed by atoms with Gasteiger partial charge in [0.1, 0.15) is 17.5 Å². The number of hydrogen-bond donors (Lipinski definition) is 2. The number of rotatable bonds is 20. The van der Waals surface area contributed by atoms with Crippen LogP contribution in [0.1, 0.15) is 86.1 Å². The van der Waals surface area contributed by atoms with Crippen molar-refractivity contribution in [3.63, 3.8) is 0 Å². The number of aliphatic hydroxyl groups excluding tert-OH is 1. The van der Waals surface area contributed by atoms with Crippen molar-refractivity contribution < 1.29 is 52.0 Å². The van der Waals surface area contributed by atoms with Gasteiger partial charge in [-0.1, -0.05) is 52.7 Å². The second-order valence-corrected chi connectivity index (χ2v) is 16.2. The third kappa shape index (κ3) is 14.4. The normalized spacial score (nSPS) is 20.5. The summed E-state index contributed by atoms with van der Waals surface area (Å²) in [5, 5.41) is 14.4. The number of amides is 2. The van der Waals surface area contributed by atoms with Gasteiger partial charge in [-0.3, -0.25) is 4.57 Å². The van der Waals surface area contributed by atoms with Crippen LogP contribution in [0.3, 0.4) is 0 Å². The van der Waals surface area contributed by atoms with Crippen LogP contribution in [0.25, 0.3) is 0 Å². The van der Waals surface area contributed by atoms with Gasteiger partial charge in [0, 0.05) is 6.54 Å². The van der Waals surface area contributed by atoms with E-state index in [0.717, 1.165) is 37.7 Å². The predicted molar refractivity (Wildman–Crippen MR) is 185 cm³/mol. The Morgan fingerprint density at radius 2 is 1.69 bits per heavy atom. The fourth-order valence-electron chi connectivity index (χ4n) is 5.43. The minimum atomic E-state index is -3.45. The second-order valence-electron chi connectivity index (χ2n) is 14.2. The summed E-state index contributed by atoms with van der Waals surface area (Å²) < 4.78 is 52.9. The maximum atomic E-state index is 13.3. The quantitative estimate of drug-likeness (QED) is 0.112. The molecular formula is C35H59N2O11P. The zero-order valence-electron chi connectivity index (χ0n) is 30.4. The van der Waals surface area contributed by atoms with Gasteiger partial charge in [-0.2, -0.15) is 0 Å². The molecule has 2 amide bonds. The van der Waals surface area contributed by atoms with Crippen molar-refractivity contribution in [2.24, 2.45) is 11.8 Å². The van der Waals surface area contributed by atoms with Crippen molar-refractivity contribution in [3.8, 4) is 5.75 Å². The van der Waals surface area contributed by atoms with Crippen LogP contribution in [0, 0.1) is 11.8 Å². The first kappa shape index (κ1) is 41.0. The van der Waals surface area contributed by atoms with Crippen LogP contribution < -0.4 is 10.1 Å². The lowest BCUT2D eigenvalue weighted by Gasteiger charge is -2.32. The third-order valence-corrected chi connectivity index (χ3v) is 9.59. The van der Waals surface area contributed by atoms with Gasteiger partial charge in [0.05, 0.1) is 51.0 Å². The number of nitrogens with one attached hydrogen (secondary N) is 1. The molecule has 14 heteroatoms. The molecule has 0 aromatic heterocycles. The van der Waals surface area contributed by atoms with E-state index in [1.807, 2.05) is 27.7 Å². The molecule has 1 aromatic rings. The third-order valence-electron chi connectivity index (χ3n) is 8.00. The van der Waals surface area contributed by atoms with Gasteiger partial charge in [0.2, 0.25) is 0 Å². The standard InChI is InChI=1S/C35H59N2O11P/c1-8-10-17-45-49(41,46-18-11-9-2)24-44-27-14-12-26(13-15-27)20-29(36-33(39)47-31-23-43-32-28(31)16-19-42-32)30(38)22-37(21-25(3)4)34(40)48-35(5,6)7/h12-15,25,28-32,38H,8-11,16-24H2,1-7H3,(H,36,39)/t28-,29-,30+,31-,32+/m0/s1. The molecule has 0 aliphatic carbocycles. The van der Waals surface area contributed by atoms with E-state index in [9.17, 15) is 19.3 Å². The fourth-order valence-corrected chi connectivity index (χ4v) is 6.78. The van der Waals surface area contributed by atoms with E-state index in [1.165, 1.54) is 4.90 Å². The van der Waals surface area contributed by atoms with Crippen LogP contribution in [0.5, 0.6) is 5.75 Å². The molecule has 49 heavy (non-hydrogen) atoms. The Bertz CT molecular complexity index is 1180. The molecule has 13 nitrogen and oxygen atoms in total. The van der Waals surface area contributed by atoms with Crippen LogP contribution in [-0.2, 0) is 39.0 Å². The lowest BCUT2D eigenvalue weighted by atomic mass is 10.0. The van der Waals surface area contributed by atoms with Gasteiger partial charge in [0.15, 0.2) is 12.6 Å². The molecule has 0 radical (unpaired) electrons. The molecule has 5 atom stereocenters.